The number of para-hydroxylation sites is 1. The van der Waals surface area contributed by atoms with Gasteiger partial charge in [-0.2, -0.15) is 0 Å². The molecule has 0 N–H and O–H groups in total. The molecule has 0 radical (unpaired) electrons. The van der Waals surface area contributed by atoms with Gasteiger partial charge in [0.1, 0.15) is 11.2 Å². The number of rotatable bonds is 3. The minimum absolute atomic E-state index is 0.100. The Morgan fingerprint density at radius 1 is 0.383 bits per heavy atom. The molecule has 8 aromatic carbocycles. The minimum Gasteiger partial charge on any atom is -0.456 e. The number of fused-ring (bicyclic) bond motifs is 12. The number of benzene rings is 8. The normalized spacial score (nSPS) is 13.5. The van der Waals surface area contributed by atoms with E-state index in [2.05, 4.69) is 158 Å². The van der Waals surface area contributed by atoms with Gasteiger partial charge in [-0.05, 0) is 103 Å². The van der Waals surface area contributed by atoms with E-state index in [0.29, 0.717) is 0 Å². The van der Waals surface area contributed by atoms with Crippen LogP contribution in [-0.4, -0.2) is 0 Å². The Hall–Kier alpha value is -5.86. The lowest BCUT2D eigenvalue weighted by Gasteiger charge is -2.28. The highest BCUT2D eigenvalue weighted by Gasteiger charge is 2.35. The van der Waals surface area contributed by atoms with Crippen LogP contribution < -0.4 is 4.90 Å². The molecule has 2 nitrogen and oxygen atoms in total. The lowest BCUT2D eigenvalue weighted by Crippen LogP contribution is -2.16. The fourth-order valence-electron chi connectivity index (χ4n) is 8.17. The van der Waals surface area contributed by atoms with Crippen LogP contribution in [0.1, 0.15) is 25.0 Å². The van der Waals surface area contributed by atoms with Crippen molar-refractivity contribution >= 4 is 71.3 Å². The Labute approximate surface area is 273 Å². The summed E-state index contributed by atoms with van der Waals surface area (Å²) >= 11 is 0. The van der Waals surface area contributed by atoms with E-state index in [0.717, 1.165) is 39.0 Å². The second-order valence-corrected chi connectivity index (χ2v) is 13.3. The van der Waals surface area contributed by atoms with Crippen molar-refractivity contribution < 1.29 is 4.42 Å². The summed E-state index contributed by atoms with van der Waals surface area (Å²) in [6.45, 7) is 4.70. The molecule has 47 heavy (non-hydrogen) atoms. The summed E-state index contributed by atoms with van der Waals surface area (Å²) in [4.78, 5) is 2.42. The molecule has 0 amide bonds. The molecule has 0 bridgehead atoms. The Kier molecular flexibility index (Phi) is 5.37. The molecule has 0 spiro atoms. The van der Waals surface area contributed by atoms with Crippen LogP contribution in [0, 0.1) is 0 Å². The molecule has 1 aliphatic rings. The Morgan fingerprint density at radius 2 is 0.872 bits per heavy atom. The van der Waals surface area contributed by atoms with Gasteiger partial charge in [0.15, 0.2) is 0 Å². The second-order valence-electron chi connectivity index (χ2n) is 13.3. The molecule has 1 aromatic heterocycles. The van der Waals surface area contributed by atoms with Crippen LogP contribution in [0.25, 0.3) is 65.4 Å². The maximum absolute atomic E-state index is 6.25. The van der Waals surface area contributed by atoms with Gasteiger partial charge in [0.2, 0.25) is 0 Å². The molecule has 0 saturated heterocycles. The number of hydrogen-bond donors (Lipinski definition) is 0. The van der Waals surface area contributed by atoms with Crippen molar-refractivity contribution in [1.82, 2.24) is 0 Å². The third kappa shape index (κ3) is 3.73. The van der Waals surface area contributed by atoms with Crippen molar-refractivity contribution in [2.24, 2.45) is 0 Å². The molecule has 0 saturated carbocycles. The van der Waals surface area contributed by atoms with E-state index in [1.165, 1.54) is 54.6 Å². The molecule has 1 aliphatic carbocycles. The van der Waals surface area contributed by atoms with Gasteiger partial charge in [0.25, 0.3) is 0 Å². The summed E-state index contributed by atoms with van der Waals surface area (Å²) in [6.07, 6.45) is 0. The van der Waals surface area contributed by atoms with Gasteiger partial charge in [0.05, 0.1) is 0 Å². The van der Waals surface area contributed by atoms with Crippen molar-refractivity contribution in [2.45, 2.75) is 19.3 Å². The first-order valence-electron chi connectivity index (χ1n) is 16.4. The van der Waals surface area contributed by atoms with E-state index in [1.807, 2.05) is 12.1 Å². The lowest BCUT2D eigenvalue weighted by atomic mass is 9.82. The van der Waals surface area contributed by atoms with E-state index in [4.69, 9.17) is 4.42 Å². The van der Waals surface area contributed by atoms with Gasteiger partial charge >= 0.3 is 0 Å². The minimum atomic E-state index is -0.100. The standard InChI is InChI=1S/C45H31NO/c1-45(2)41-17-9-7-15-36(41)37-23-20-30(27-42(37)45)46(29-21-24-44-40(26-29)38-16-8-10-18-43(38)47-44)28-19-22-35-33-13-4-3-11-31(33)32-12-5-6-14-34(32)39(35)25-28/h3-27H,1-2H3. The van der Waals surface area contributed by atoms with Gasteiger partial charge < -0.3 is 9.32 Å². The fraction of sp³-hybridized carbons (Fsp3) is 0.0667. The Morgan fingerprint density at radius 3 is 1.62 bits per heavy atom. The highest BCUT2D eigenvalue weighted by molar-refractivity contribution is 6.25. The van der Waals surface area contributed by atoms with Crippen LogP contribution >= 0.6 is 0 Å². The van der Waals surface area contributed by atoms with Gasteiger partial charge in [0, 0.05) is 33.2 Å². The van der Waals surface area contributed by atoms with Gasteiger partial charge in [-0.1, -0.05) is 117 Å². The molecule has 10 rings (SSSR count). The number of hydrogen-bond acceptors (Lipinski definition) is 2. The summed E-state index contributed by atoms with van der Waals surface area (Å²) in [7, 11) is 0. The van der Waals surface area contributed by atoms with Crippen LogP contribution in [0.15, 0.2) is 156 Å². The predicted molar refractivity (Wildman–Crippen MR) is 198 cm³/mol. The quantitative estimate of drug-likeness (QED) is 0.187. The van der Waals surface area contributed by atoms with Gasteiger partial charge in [-0.15, -0.1) is 0 Å². The average Bonchev–Trinajstić information content (AvgIpc) is 3.60. The van der Waals surface area contributed by atoms with Crippen LogP contribution in [0.5, 0.6) is 0 Å². The first-order valence-corrected chi connectivity index (χ1v) is 16.4. The number of nitrogens with zero attached hydrogens (tertiary/aromatic N) is 1. The van der Waals surface area contributed by atoms with E-state index < -0.39 is 0 Å². The van der Waals surface area contributed by atoms with E-state index in [-0.39, 0.29) is 5.41 Å². The summed E-state index contributed by atoms with van der Waals surface area (Å²) in [5.74, 6) is 0. The zero-order chi connectivity index (χ0) is 31.3. The van der Waals surface area contributed by atoms with Crippen LogP contribution in [0.4, 0.5) is 17.1 Å². The molecular weight excluding hydrogens is 571 g/mol. The molecule has 1 heterocycles. The van der Waals surface area contributed by atoms with Crippen molar-refractivity contribution in [3.63, 3.8) is 0 Å². The average molecular weight is 602 g/mol. The van der Waals surface area contributed by atoms with E-state index >= 15 is 0 Å². The van der Waals surface area contributed by atoms with Crippen LogP contribution in [0.2, 0.25) is 0 Å². The Balaban J connectivity index is 1.25. The largest absolute Gasteiger partial charge is 0.456 e. The highest BCUT2D eigenvalue weighted by atomic mass is 16.3. The summed E-state index contributed by atoms with van der Waals surface area (Å²) in [5.41, 5.74) is 10.5. The second kappa shape index (κ2) is 9.57. The van der Waals surface area contributed by atoms with Crippen LogP contribution in [0.3, 0.4) is 0 Å². The number of furan rings is 1. The smallest absolute Gasteiger partial charge is 0.135 e. The van der Waals surface area contributed by atoms with Crippen molar-refractivity contribution in [3.8, 4) is 11.1 Å². The third-order valence-corrected chi connectivity index (χ3v) is 10.4. The topological polar surface area (TPSA) is 16.4 Å². The Bertz CT molecular complexity index is 2690. The number of anilines is 3. The van der Waals surface area contributed by atoms with E-state index in [1.54, 1.807) is 0 Å². The molecule has 0 atom stereocenters. The zero-order valence-electron chi connectivity index (χ0n) is 26.3. The molecule has 222 valence electrons. The zero-order valence-corrected chi connectivity index (χ0v) is 26.3. The monoisotopic (exact) mass is 601 g/mol. The molecule has 9 aromatic rings. The van der Waals surface area contributed by atoms with Crippen molar-refractivity contribution in [1.29, 1.82) is 0 Å². The van der Waals surface area contributed by atoms with Gasteiger partial charge in [-0.3, -0.25) is 0 Å². The summed E-state index contributed by atoms with van der Waals surface area (Å²) in [6, 6.07) is 55.4. The maximum Gasteiger partial charge on any atom is 0.135 e. The first kappa shape index (κ1) is 26.4. The molecular formula is C45H31NO. The predicted octanol–water partition coefficient (Wildman–Crippen LogP) is 12.8. The molecule has 0 fully saturated rings. The SMILES string of the molecule is CC1(C)c2ccccc2-c2ccc(N(c3ccc4oc5ccccc5c4c3)c3ccc4c5ccccc5c5ccccc5c4c3)cc21. The molecule has 0 aliphatic heterocycles. The lowest BCUT2D eigenvalue weighted by molar-refractivity contribution is 0.660. The van der Waals surface area contributed by atoms with E-state index in [9.17, 15) is 0 Å². The highest BCUT2D eigenvalue weighted by Crippen LogP contribution is 2.51. The first-order chi connectivity index (χ1) is 23.1. The maximum atomic E-state index is 6.25. The van der Waals surface area contributed by atoms with Crippen LogP contribution in [-0.2, 0) is 5.41 Å². The summed E-state index contributed by atoms with van der Waals surface area (Å²) in [5, 5.41) is 9.89. The fourth-order valence-corrected chi connectivity index (χ4v) is 8.17. The van der Waals surface area contributed by atoms with Crippen molar-refractivity contribution in [3.05, 3.63) is 163 Å². The van der Waals surface area contributed by atoms with Gasteiger partial charge in [-0.25, -0.2) is 0 Å². The molecule has 2 heteroatoms. The third-order valence-electron chi connectivity index (χ3n) is 10.4. The van der Waals surface area contributed by atoms with Crippen molar-refractivity contribution in [2.75, 3.05) is 4.90 Å². The summed E-state index contributed by atoms with van der Waals surface area (Å²) < 4.78 is 6.25. The molecule has 0 unspecified atom stereocenters.